The van der Waals surface area contributed by atoms with Gasteiger partial charge in [0.1, 0.15) is 17.5 Å². The Balaban J connectivity index is 1.62. The van der Waals surface area contributed by atoms with Crippen molar-refractivity contribution in [2.45, 2.75) is 18.9 Å². The van der Waals surface area contributed by atoms with Gasteiger partial charge in [-0.3, -0.25) is 4.79 Å². The van der Waals surface area contributed by atoms with Crippen molar-refractivity contribution in [3.8, 4) is 16.9 Å². The number of fused-ring (bicyclic) bond motifs is 1. The fourth-order valence-corrected chi connectivity index (χ4v) is 3.52. The zero-order valence-corrected chi connectivity index (χ0v) is 14.7. The van der Waals surface area contributed by atoms with Crippen LogP contribution < -0.4 is 10.5 Å². The highest BCUT2D eigenvalue weighted by Crippen LogP contribution is 2.28. The smallest absolute Gasteiger partial charge is 0.250 e. The zero-order chi connectivity index (χ0) is 18.1. The van der Waals surface area contributed by atoms with Gasteiger partial charge in [-0.25, -0.2) is 4.98 Å². The molecule has 1 amide bonds. The molecule has 1 aromatic carbocycles. The maximum atomic E-state index is 11.6. The van der Waals surface area contributed by atoms with Crippen molar-refractivity contribution >= 4 is 16.9 Å². The standard InChI is InChI=1S/C20H22N4O2/c1-24-7-3-6-16(12-24)26-15-5-2-4-13(8-15)14-9-17-18(19(21)25)11-23-20(17)22-10-14/h2,4-5,8-11,16H,3,6-7,12H2,1H3,(H2,21,25)(H,22,23). The van der Waals surface area contributed by atoms with Gasteiger partial charge in [0, 0.05) is 29.9 Å². The predicted molar refractivity (Wildman–Crippen MR) is 101 cm³/mol. The van der Waals surface area contributed by atoms with E-state index in [2.05, 4.69) is 21.9 Å². The van der Waals surface area contributed by atoms with Crippen molar-refractivity contribution < 1.29 is 9.53 Å². The number of aromatic amines is 1. The highest BCUT2D eigenvalue weighted by molar-refractivity contribution is 6.05. The molecule has 1 aliphatic rings. The van der Waals surface area contributed by atoms with E-state index in [0.29, 0.717) is 11.2 Å². The molecule has 1 saturated heterocycles. The number of primary amides is 1. The van der Waals surface area contributed by atoms with Crippen molar-refractivity contribution in [3.05, 3.63) is 48.3 Å². The molecular weight excluding hydrogens is 328 g/mol. The first-order chi connectivity index (χ1) is 12.6. The van der Waals surface area contributed by atoms with Crippen LogP contribution in [0.5, 0.6) is 5.75 Å². The Morgan fingerprint density at radius 3 is 3.04 bits per heavy atom. The lowest BCUT2D eigenvalue weighted by Gasteiger charge is -2.30. The molecule has 6 heteroatoms. The molecule has 26 heavy (non-hydrogen) atoms. The summed E-state index contributed by atoms with van der Waals surface area (Å²) in [7, 11) is 2.13. The summed E-state index contributed by atoms with van der Waals surface area (Å²) in [6.45, 7) is 2.08. The first-order valence-electron chi connectivity index (χ1n) is 8.83. The molecule has 1 fully saturated rings. The second kappa shape index (κ2) is 6.80. The average molecular weight is 350 g/mol. The number of nitrogens with one attached hydrogen (secondary N) is 1. The molecule has 0 saturated carbocycles. The molecule has 0 aliphatic carbocycles. The third-order valence-corrected chi connectivity index (χ3v) is 4.85. The molecule has 3 heterocycles. The number of benzene rings is 1. The summed E-state index contributed by atoms with van der Waals surface area (Å²) in [6, 6.07) is 9.93. The fourth-order valence-electron chi connectivity index (χ4n) is 3.52. The lowest BCUT2D eigenvalue weighted by atomic mass is 10.0. The summed E-state index contributed by atoms with van der Waals surface area (Å²) in [4.78, 5) is 21.3. The minimum Gasteiger partial charge on any atom is -0.489 e. The van der Waals surface area contributed by atoms with Crippen molar-refractivity contribution in [1.82, 2.24) is 14.9 Å². The molecule has 0 bridgehead atoms. The molecule has 6 nitrogen and oxygen atoms in total. The number of likely N-dealkylation sites (N-methyl/N-ethyl adjacent to an activating group) is 1. The highest BCUT2D eigenvalue weighted by Gasteiger charge is 2.18. The Morgan fingerprint density at radius 2 is 2.23 bits per heavy atom. The first kappa shape index (κ1) is 16.6. The first-order valence-corrected chi connectivity index (χ1v) is 8.83. The van der Waals surface area contributed by atoms with Crippen LogP contribution in [0.1, 0.15) is 23.2 Å². The largest absolute Gasteiger partial charge is 0.489 e. The molecule has 1 atom stereocenters. The third kappa shape index (κ3) is 3.28. The summed E-state index contributed by atoms with van der Waals surface area (Å²) in [5, 5.41) is 0.732. The number of piperidine rings is 1. The van der Waals surface area contributed by atoms with E-state index in [1.165, 1.54) is 0 Å². The van der Waals surface area contributed by atoms with Crippen molar-refractivity contribution in [1.29, 1.82) is 0 Å². The second-order valence-corrected chi connectivity index (χ2v) is 6.86. The number of ether oxygens (including phenoxy) is 1. The van der Waals surface area contributed by atoms with E-state index in [1.54, 1.807) is 12.4 Å². The van der Waals surface area contributed by atoms with Crippen LogP contribution in [0.25, 0.3) is 22.2 Å². The Labute approximate surface area is 152 Å². The van der Waals surface area contributed by atoms with Crippen LogP contribution >= 0.6 is 0 Å². The Kier molecular flexibility index (Phi) is 4.34. The fraction of sp³-hybridized carbons (Fsp3) is 0.300. The molecule has 1 unspecified atom stereocenters. The Bertz CT molecular complexity index is 950. The summed E-state index contributed by atoms with van der Waals surface area (Å²) >= 11 is 0. The second-order valence-electron chi connectivity index (χ2n) is 6.86. The number of nitrogens with zero attached hydrogens (tertiary/aromatic N) is 2. The molecule has 1 aliphatic heterocycles. The monoisotopic (exact) mass is 350 g/mol. The number of likely N-dealkylation sites (tertiary alicyclic amines) is 1. The molecule has 0 spiro atoms. The molecule has 0 radical (unpaired) electrons. The van der Waals surface area contributed by atoms with E-state index in [1.807, 2.05) is 30.3 Å². The number of carbonyl (C=O) groups is 1. The van der Waals surface area contributed by atoms with Gasteiger partial charge < -0.3 is 20.4 Å². The SMILES string of the molecule is CN1CCCC(Oc2cccc(-c3cnc4[nH]cc(C(N)=O)c4c3)c2)C1. The summed E-state index contributed by atoms with van der Waals surface area (Å²) in [5.74, 6) is 0.390. The summed E-state index contributed by atoms with van der Waals surface area (Å²) in [6.07, 6.45) is 5.84. The molecule has 134 valence electrons. The molecular formula is C20H22N4O2. The number of H-pyrrole nitrogens is 1. The van der Waals surface area contributed by atoms with E-state index in [9.17, 15) is 4.79 Å². The third-order valence-electron chi connectivity index (χ3n) is 4.85. The Morgan fingerprint density at radius 1 is 1.35 bits per heavy atom. The van der Waals surface area contributed by atoms with Crippen LogP contribution in [0.2, 0.25) is 0 Å². The van der Waals surface area contributed by atoms with Gasteiger partial charge >= 0.3 is 0 Å². The molecule has 2 aromatic heterocycles. The summed E-state index contributed by atoms with van der Waals surface area (Å²) in [5.41, 5.74) is 8.47. The maximum Gasteiger partial charge on any atom is 0.250 e. The minimum absolute atomic E-state index is 0.218. The predicted octanol–water partition coefficient (Wildman–Crippen LogP) is 2.80. The van der Waals surface area contributed by atoms with Crippen LogP contribution in [-0.2, 0) is 0 Å². The topological polar surface area (TPSA) is 84.2 Å². The number of amides is 1. The Hall–Kier alpha value is -2.86. The molecule has 3 N–H and O–H groups in total. The van der Waals surface area contributed by atoms with E-state index >= 15 is 0 Å². The molecule has 4 rings (SSSR count). The van der Waals surface area contributed by atoms with Crippen LogP contribution in [0.15, 0.2) is 42.7 Å². The van der Waals surface area contributed by atoms with Gasteiger partial charge in [-0.2, -0.15) is 0 Å². The lowest BCUT2D eigenvalue weighted by Crippen LogP contribution is -2.38. The normalized spacial score (nSPS) is 18.1. The van der Waals surface area contributed by atoms with Crippen LogP contribution in [-0.4, -0.2) is 47.0 Å². The maximum absolute atomic E-state index is 11.6. The van der Waals surface area contributed by atoms with E-state index in [0.717, 1.165) is 48.2 Å². The van der Waals surface area contributed by atoms with Crippen LogP contribution in [0.4, 0.5) is 0 Å². The molecule has 3 aromatic rings. The average Bonchev–Trinajstić information content (AvgIpc) is 3.05. The lowest BCUT2D eigenvalue weighted by molar-refractivity contribution is 0.100. The number of hydrogen-bond acceptors (Lipinski definition) is 4. The van der Waals surface area contributed by atoms with Crippen LogP contribution in [0, 0.1) is 0 Å². The highest BCUT2D eigenvalue weighted by atomic mass is 16.5. The number of hydrogen-bond donors (Lipinski definition) is 2. The zero-order valence-electron chi connectivity index (χ0n) is 14.7. The van der Waals surface area contributed by atoms with Gasteiger partial charge in [0.25, 0.3) is 5.91 Å². The van der Waals surface area contributed by atoms with Crippen molar-refractivity contribution in [2.75, 3.05) is 20.1 Å². The number of nitrogens with two attached hydrogens (primary N) is 1. The van der Waals surface area contributed by atoms with Gasteiger partial charge in [-0.1, -0.05) is 12.1 Å². The van der Waals surface area contributed by atoms with E-state index < -0.39 is 5.91 Å². The van der Waals surface area contributed by atoms with Crippen LogP contribution in [0.3, 0.4) is 0 Å². The van der Waals surface area contributed by atoms with E-state index in [4.69, 9.17) is 10.5 Å². The van der Waals surface area contributed by atoms with Gasteiger partial charge in [0.05, 0.1) is 5.56 Å². The van der Waals surface area contributed by atoms with Crippen molar-refractivity contribution in [2.24, 2.45) is 5.73 Å². The quantitative estimate of drug-likeness (QED) is 0.758. The van der Waals surface area contributed by atoms with Crippen molar-refractivity contribution in [3.63, 3.8) is 0 Å². The van der Waals surface area contributed by atoms with Gasteiger partial charge in [0.2, 0.25) is 0 Å². The van der Waals surface area contributed by atoms with Gasteiger partial charge in [0.15, 0.2) is 0 Å². The number of rotatable bonds is 4. The minimum atomic E-state index is -0.464. The van der Waals surface area contributed by atoms with E-state index in [-0.39, 0.29) is 6.10 Å². The van der Waals surface area contributed by atoms with Gasteiger partial charge in [-0.15, -0.1) is 0 Å². The number of aromatic nitrogens is 2. The summed E-state index contributed by atoms with van der Waals surface area (Å²) < 4.78 is 6.18. The van der Waals surface area contributed by atoms with Gasteiger partial charge in [-0.05, 0) is 50.2 Å². The number of carbonyl (C=O) groups excluding carboxylic acids is 1. The number of pyridine rings is 1.